The second kappa shape index (κ2) is 15.7. The molecule has 15 heteroatoms. The first-order valence-electron chi connectivity index (χ1n) is 19.4. The highest BCUT2D eigenvalue weighted by Crippen LogP contribution is 2.53. The first-order chi connectivity index (χ1) is 26.5. The van der Waals surface area contributed by atoms with Crippen LogP contribution in [0.25, 0.3) is 0 Å². The fourth-order valence-electron chi connectivity index (χ4n) is 9.09. The maximum atomic E-state index is 13.9. The molecule has 2 aromatic rings. The number of esters is 1. The average molecular weight is 784 g/mol. The Morgan fingerprint density at radius 2 is 1.54 bits per heavy atom. The number of ether oxygens (including phenoxy) is 7. The van der Waals surface area contributed by atoms with Crippen molar-refractivity contribution in [3.05, 3.63) is 57.6 Å². The van der Waals surface area contributed by atoms with Crippen LogP contribution in [0, 0.1) is 0 Å². The van der Waals surface area contributed by atoms with Crippen LogP contribution < -0.4 is 0 Å². The zero-order chi connectivity index (χ0) is 40.4. The Labute approximate surface area is 325 Å². The van der Waals surface area contributed by atoms with Crippen LogP contribution in [0.2, 0.25) is 0 Å². The summed E-state index contributed by atoms with van der Waals surface area (Å²) in [5, 5.41) is 44.3. The van der Waals surface area contributed by atoms with Gasteiger partial charge in [0.05, 0.1) is 60.5 Å². The SMILES string of the molecule is COC(=O)[C@@H]1c2cc3c(c(O)c2[C@@H](OC2CC(N(C)C)C(OC4CCC(OC5CCC(O)C(C)O5)C(C)O4)C(C)O2)C[C@@]1(C)O)C(=O)c1c(O)cccc1C3=O. The number of aliphatic hydroxyl groups excluding tert-OH is 1. The van der Waals surface area contributed by atoms with Crippen molar-refractivity contribution in [3.63, 3.8) is 0 Å². The first-order valence-corrected chi connectivity index (χ1v) is 19.4. The van der Waals surface area contributed by atoms with Gasteiger partial charge in [0.1, 0.15) is 23.5 Å². The van der Waals surface area contributed by atoms with E-state index in [1.807, 2.05) is 39.8 Å². The first kappa shape index (κ1) is 40.7. The van der Waals surface area contributed by atoms with E-state index in [9.17, 15) is 34.8 Å². The molecule has 3 saturated heterocycles. The minimum atomic E-state index is -1.77. The van der Waals surface area contributed by atoms with Gasteiger partial charge in [0.25, 0.3) is 0 Å². The van der Waals surface area contributed by atoms with Crippen molar-refractivity contribution in [2.75, 3.05) is 21.2 Å². The lowest BCUT2D eigenvalue weighted by Gasteiger charge is -2.47. The van der Waals surface area contributed by atoms with E-state index in [0.717, 1.165) is 0 Å². The topological polar surface area (TPSA) is 200 Å². The van der Waals surface area contributed by atoms with Crippen LogP contribution in [0.5, 0.6) is 11.5 Å². The molecule has 2 aromatic carbocycles. The monoisotopic (exact) mass is 783 g/mol. The van der Waals surface area contributed by atoms with E-state index in [2.05, 4.69) is 0 Å². The Balaban J connectivity index is 1.11. The molecule has 2 aliphatic carbocycles. The van der Waals surface area contributed by atoms with Gasteiger partial charge >= 0.3 is 5.97 Å². The van der Waals surface area contributed by atoms with Crippen LogP contribution >= 0.6 is 0 Å². The summed E-state index contributed by atoms with van der Waals surface area (Å²) in [5.74, 6) is -4.52. The minimum absolute atomic E-state index is 0.0468. The Morgan fingerprint density at radius 1 is 0.857 bits per heavy atom. The van der Waals surface area contributed by atoms with Crippen molar-refractivity contribution in [2.45, 2.75) is 145 Å². The van der Waals surface area contributed by atoms with Gasteiger partial charge in [-0.15, -0.1) is 0 Å². The highest BCUT2D eigenvalue weighted by atomic mass is 16.7. The van der Waals surface area contributed by atoms with Crippen LogP contribution in [0.1, 0.15) is 121 Å². The van der Waals surface area contributed by atoms with Crippen molar-refractivity contribution in [2.24, 2.45) is 0 Å². The number of benzene rings is 2. The van der Waals surface area contributed by atoms with E-state index in [0.29, 0.717) is 32.1 Å². The summed E-state index contributed by atoms with van der Waals surface area (Å²) >= 11 is 0. The third-order valence-corrected chi connectivity index (χ3v) is 12.1. The predicted octanol–water partition coefficient (Wildman–Crippen LogP) is 3.59. The molecule has 13 atom stereocenters. The number of hydrogen-bond acceptors (Lipinski definition) is 15. The summed E-state index contributed by atoms with van der Waals surface area (Å²) in [6.45, 7) is 7.09. The molecule has 0 bridgehead atoms. The van der Waals surface area contributed by atoms with Crippen molar-refractivity contribution in [1.82, 2.24) is 4.90 Å². The Kier molecular flexibility index (Phi) is 11.4. The minimum Gasteiger partial charge on any atom is -0.507 e. The highest BCUT2D eigenvalue weighted by molar-refractivity contribution is 6.30. The molecule has 3 fully saturated rings. The lowest BCUT2D eigenvalue weighted by atomic mass is 9.68. The maximum Gasteiger partial charge on any atom is 0.316 e. The second-order valence-corrected chi connectivity index (χ2v) is 16.2. The van der Waals surface area contributed by atoms with Crippen LogP contribution in [0.15, 0.2) is 24.3 Å². The van der Waals surface area contributed by atoms with Crippen LogP contribution in [-0.2, 0) is 38.0 Å². The molecular weight excluding hydrogens is 730 g/mol. The average Bonchev–Trinajstić information content (AvgIpc) is 3.13. The molecule has 306 valence electrons. The van der Waals surface area contributed by atoms with E-state index in [1.54, 1.807) is 0 Å². The number of methoxy groups -OCH3 is 1. The highest BCUT2D eigenvalue weighted by Gasteiger charge is 2.52. The van der Waals surface area contributed by atoms with Crippen LogP contribution in [0.3, 0.4) is 0 Å². The largest absolute Gasteiger partial charge is 0.507 e. The molecule has 15 nitrogen and oxygen atoms in total. The smallest absolute Gasteiger partial charge is 0.316 e. The van der Waals surface area contributed by atoms with Gasteiger partial charge in [-0.2, -0.15) is 0 Å². The van der Waals surface area contributed by atoms with Crippen molar-refractivity contribution in [3.8, 4) is 11.5 Å². The number of phenolic OH excluding ortho intramolecular Hbond substituents is 2. The lowest BCUT2D eigenvalue weighted by molar-refractivity contribution is -0.314. The van der Waals surface area contributed by atoms with E-state index >= 15 is 0 Å². The van der Waals surface area contributed by atoms with E-state index in [4.69, 9.17) is 33.2 Å². The van der Waals surface area contributed by atoms with Crippen molar-refractivity contribution < 1.29 is 68.0 Å². The molecule has 0 saturated carbocycles. The number of fused-ring (bicyclic) bond motifs is 3. The number of aliphatic hydroxyl groups is 2. The predicted molar refractivity (Wildman–Crippen MR) is 196 cm³/mol. The molecule has 0 spiro atoms. The van der Waals surface area contributed by atoms with Gasteiger partial charge in [-0.3, -0.25) is 14.4 Å². The number of hydrogen-bond donors (Lipinski definition) is 4. The molecule has 7 rings (SSSR count). The van der Waals surface area contributed by atoms with E-state index < -0.39 is 83.8 Å². The van der Waals surface area contributed by atoms with Crippen LogP contribution in [-0.4, -0.2) is 131 Å². The maximum absolute atomic E-state index is 13.9. The fourth-order valence-corrected chi connectivity index (χ4v) is 9.09. The van der Waals surface area contributed by atoms with Gasteiger partial charge < -0.3 is 58.5 Å². The summed E-state index contributed by atoms with van der Waals surface area (Å²) in [6.07, 6.45) is -2.58. The number of nitrogens with zero attached hydrogens (tertiary/aromatic N) is 1. The third-order valence-electron chi connectivity index (χ3n) is 12.1. The zero-order valence-corrected chi connectivity index (χ0v) is 32.8. The number of ketones is 2. The van der Waals surface area contributed by atoms with Crippen LogP contribution in [0.4, 0.5) is 0 Å². The number of carbonyl (C=O) groups excluding carboxylic acids is 3. The Hall–Kier alpha value is -3.51. The summed E-state index contributed by atoms with van der Waals surface area (Å²) in [6, 6.07) is 5.23. The molecule has 0 aromatic heterocycles. The molecule has 10 unspecified atom stereocenters. The summed E-state index contributed by atoms with van der Waals surface area (Å²) in [4.78, 5) is 42.9. The van der Waals surface area contributed by atoms with Gasteiger partial charge in [0.2, 0.25) is 5.78 Å². The molecule has 0 radical (unpaired) electrons. The quantitative estimate of drug-likeness (QED) is 0.242. The van der Waals surface area contributed by atoms with Crippen molar-refractivity contribution >= 4 is 17.5 Å². The zero-order valence-electron chi connectivity index (χ0n) is 32.8. The summed E-state index contributed by atoms with van der Waals surface area (Å²) in [5.41, 5.74) is -2.41. The number of aromatic hydroxyl groups is 2. The van der Waals surface area contributed by atoms with Crippen molar-refractivity contribution in [1.29, 1.82) is 0 Å². The van der Waals surface area contributed by atoms with Gasteiger partial charge in [0.15, 0.2) is 24.7 Å². The number of carbonyl (C=O) groups is 3. The summed E-state index contributed by atoms with van der Waals surface area (Å²) < 4.78 is 43.1. The lowest BCUT2D eigenvalue weighted by Crippen LogP contribution is -2.57. The fraction of sp³-hybridized carbons (Fsp3) is 0.634. The molecule has 0 amide bonds. The van der Waals surface area contributed by atoms with Gasteiger partial charge in [-0.1, -0.05) is 12.1 Å². The molecule has 4 N–H and O–H groups in total. The molecule has 3 aliphatic heterocycles. The Bertz CT molecular complexity index is 1850. The van der Waals surface area contributed by atoms with Gasteiger partial charge in [-0.25, -0.2) is 0 Å². The second-order valence-electron chi connectivity index (χ2n) is 16.2. The van der Waals surface area contributed by atoms with Gasteiger partial charge in [-0.05, 0) is 72.3 Å². The van der Waals surface area contributed by atoms with E-state index in [1.165, 1.54) is 38.3 Å². The third kappa shape index (κ3) is 7.38. The van der Waals surface area contributed by atoms with Gasteiger partial charge in [0, 0.05) is 48.4 Å². The van der Waals surface area contributed by atoms with E-state index in [-0.39, 0.29) is 64.2 Å². The molecule has 56 heavy (non-hydrogen) atoms. The normalized spacial score (nSPS) is 37.1. The number of phenols is 2. The molecular formula is C41H53NO14. The number of rotatable bonds is 8. The Morgan fingerprint density at radius 3 is 2.21 bits per heavy atom. The molecule has 5 aliphatic rings. The standard InChI is InChI=1S/C41H53NO14/c1-18-25(43)11-13-29(51-18)54-27-12-14-30(52-19(27)2)56-39-20(3)53-31(16-24(39)42(5)6)55-28-17-41(4,49)35(40(48)50-7)22-15-23-34(38(47)33(22)28)37(46)32-21(36(23)45)9-8-10-26(32)44/h8-10,15,18-20,24-25,27-31,35,39,43-44,47,49H,11-14,16-17H2,1-7H3/t18?,19?,20?,24?,25?,27?,28-,29?,30?,31?,35-,39?,41+/m0/s1. The number of likely N-dealkylation sites (N-methyl/N-ethyl adjacent to an activating group) is 1. The summed E-state index contributed by atoms with van der Waals surface area (Å²) in [7, 11) is 5.01. The molecule has 3 heterocycles.